The summed E-state index contributed by atoms with van der Waals surface area (Å²) in [6.07, 6.45) is 1.47. The third kappa shape index (κ3) is 3.76. The van der Waals surface area contributed by atoms with E-state index in [0.717, 1.165) is 12.1 Å². The average Bonchev–Trinajstić information content (AvgIpc) is 3.39. The highest BCUT2D eigenvalue weighted by atomic mass is 16.5. The summed E-state index contributed by atoms with van der Waals surface area (Å²) in [6, 6.07) is 4.70. The summed E-state index contributed by atoms with van der Waals surface area (Å²) in [6.45, 7) is 4.85. The summed E-state index contributed by atoms with van der Waals surface area (Å²) in [5.41, 5.74) is 1.38. The molecule has 3 aliphatic rings. The third-order valence-corrected chi connectivity index (χ3v) is 6.17. The molecular weight excluding hydrogens is 386 g/mol. The summed E-state index contributed by atoms with van der Waals surface area (Å²) in [7, 11) is 1.57. The number of benzene rings is 1. The highest BCUT2D eigenvalue weighted by Gasteiger charge is 2.39. The summed E-state index contributed by atoms with van der Waals surface area (Å²) in [5.74, 6) is 0.478. The van der Waals surface area contributed by atoms with E-state index in [9.17, 15) is 14.4 Å². The molecule has 0 bridgehead atoms. The first kappa shape index (κ1) is 20.3. The van der Waals surface area contributed by atoms with Crippen LogP contribution in [0.4, 0.5) is 10.5 Å². The Morgan fingerprint density at radius 2 is 2.07 bits per heavy atom. The number of hydrogen-bond acceptors (Lipinski definition) is 5. The van der Waals surface area contributed by atoms with Gasteiger partial charge in [-0.3, -0.25) is 9.59 Å². The lowest BCUT2D eigenvalue weighted by molar-refractivity contribution is -0.125. The van der Waals surface area contributed by atoms with Crippen molar-refractivity contribution in [3.05, 3.63) is 23.8 Å². The van der Waals surface area contributed by atoms with E-state index in [1.165, 1.54) is 0 Å². The summed E-state index contributed by atoms with van der Waals surface area (Å²) < 4.78 is 5.74. The molecule has 9 heteroatoms. The Morgan fingerprint density at radius 1 is 1.23 bits per heavy atom. The Bertz CT molecular complexity index is 845. The minimum absolute atomic E-state index is 0.0907. The van der Waals surface area contributed by atoms with E-state index < -0.39 is 6.04 Å². The second kappa shape index (κ2) is 8.41. The molecule has 4 amide bonds. The smallest absolute Gasteiger partial charge is 0.317 e. The quantitative estimate of drug-likeness (QED) is 0.680. The van der Waals surface area contributed by atoms with Crippen molar-refractivity contribution in [2.45, 2.75) is 31.8 Å². The summed E-state index contributed by atoms with van der Waals surface area (Å²) in [4.78, 5) is 41.4. The van der Waals surface area contributed by atoms with Crippen molar-refractivity contribution in [1.82, 2.24) is 20.4 Å². The van der Waals surface area contributed by atoms with Crippen LogP contribution in [0.5, 0.6) is 5.75 Å². The van der Waals surface area contributed by atoms with Crippen molar-refractivity contribution in [2.75, 3.05) is 45.2 Å². The van der Waals surface area contributed by atoms with Crippen LogP contribution in [0.25, 0.3) is 0 Å². The molecule has 2 fully saturated rings. The maximum absolute atomic E-state index is 13.2. The van der Waals surface area contributed by atoms with Crippen LogP contribution in [0.1, 0.15) is 30.1 Å². The van der Waals surface area contributed by atoms with E-state index in [4.69, 9.17) is 4.74 Å². The van der Waals surface area contributed by atoms with E-state index in [1.807, 2.05) is 19.1 Å². The van der Waals surface area contributed by atoms with Crippen LogP contribution in [0.15, 0.2) is 18.2 Å². The van der Waals surface area contributed by atoms with E-state index >= 15 is 0 Å². The van der Waals surface area contributed by atoms with Gasteiger partial charge in [-0.25, -0.2) is 4.79 Å². The van der Waals surface area contributed by atoms with Crippen molar-refractivity contribution in [1.29, 1.82) is 0 Å². The van der Waals surface area contributed by atoms with Gasteiger partial charge in [0.05, 0.1) is 17.3 Å². The SMILES string of the molecule is CNC(=O)N1CCC[C@@H]1C(=O)N[C@@H]1CN(C(=O)c2cccc3c2OCCN3)C[C@@H]1C. The topological polar surface area (TPSA) is 103 Å². The van der Waals surface area contributed by atoms with Crippen LogP contribution in [0.2, 0.25) is 0 Å². The van der Waals surface area contributed by atoms with Gasteiger partial charge in [0.1, 0.15) is 12.6 Å². The highest BCUT2D eigenvalue weighted by molar-refractivity contribution is 5.99. The Morgan fingerprint density at radius 3 is 2.87 bits per heavy atom. The number of hydrogen-bond donors (Lipinski definition) is 3. The van der Waals surface area contributed by atoms with Crippen molar-refractivity contribution in [3.8, 4) is 5.75 Å². The maximum atomic E-state index is 13.2. The molecular formula is C21H29N5O4. The highest BCUT2D eigenvalue weighted by Crippen LogP contribution is 2.33. The van der Waals surface area contributed by atoms with E-state index in [1.54, 1.807) is 22.9 Å². The van der Waals surface area contributed by atoms with Gasteiger partial charge >= 0.3 is 6.03 Å². The first-order chi connectivity index (χ1) is 14.5. The van der Waals surface area contributed by atoms with Gasteiger partial charge in [0, 0.05) is 33.2 Å². The molecule has 0 radical (unpaired) electrons. The molecule has 3 N–H and O–H groups in total. The largest absolute Gasteiger partial charge is 0.489 e. The van der Waals surface area contributed by atoms with Crippen LogP contribution in [-0.4, -0.2) is 79.6 Å². The predicted octanol–water partition coefficient (Wildman–Crippen LogP) is 0.871. The molecule has 30 heavy (non-hydrogen) atoms. The van der Waals surface area contributed by atoms with Gasteiger partial charge in [0.15, 0.2) is 5.75 Å². The molecule has 0 aromatic heterocycles. The van der Waals surface area contributed by atoms with Crippen molar-refractivity contribution in [2.24, 2.45) is 5.92 Å². The first-order valence-electron chi connectivity index (χ1n) is 10.6. The number of fused-ring (bicyclic) bond motifs is 1. The van der Waals surface area contributed by atoms with Crippen molar-refractivity contribution >= 4 is 23.5 Å². The molecule has 1 aromatic carbocycles. The summed E-state index contributed by atoms with van der Waals surface area (Å²) >= 11 is 0. The first-order valence-corrected chi connectivity index (χ1v) is 10.6. The molecule has 2 saturated heterocycles. The maximum Gasteiger partial charge on any atom is 0.317 e. The number of anilines is 1. The van der Waals surface area contributed by atoms with Gasteiger partial charge in [-0.05, 0) is 30.9 Å². The number of carbonyl (C=O) groups excluding carboxylic acids is 3. The number of para-hydroxylation sites is 1. The molecule has 3 aliphatic heterocycles. The van der Waals surface area contributed by atoms with Crippen LogP contribution < -0.4 is 20.7 Å². The van der Waals surface area contributed by atoms with Crippen LogP contribution in [0, 0.1) is 5.92 Å². The van der Waals surface area contributed by atoms with Crippen LogP contribution in [-0.2, 0) is 4.79 Å². The minimum atomic E-state index is -0.456. The Labute approximate surface area is 176 Å². The van der Waals surface area contributed by atoms with E-state index in [-0.39, 0.29) is 29.8 Å². The molecule has 3 atom stereocenters. The van der Waals surface area contributed by atoms with Gasteiger partial charge < -0.3 is 30.5 Å². The van der Waals surface area contributed by atoms with Crippen LogP contribution in [0.3, 0.4) is 0 Å². The van der Waals surface area contributed by atoms with Crippen molar-refractivity contribution in [3.63, 3.8) is 0 Å². The van der Waals surface area contributed by atoms with Gasteiger partial charge in [-0.2, -0.15) is 0 Å². The van der Waals surface area contributed by atoms with Gasteiger partial charge in [0.2, 0.25) is 5.91 Å². The number of amides is 4. The minimum Gasteiger partial charge on any atom is -0.489 e. The summed E-state index contributed by atoms with van der Waals surface area (Å²) in [5, 5.41) is 8.93. The predicted molar refractivity (Wildman–Crippen MR) is 112 cm³/mol. The standard InChI is InChI=1S/C21H29N5O4/c1-13-11-25(20(28)14-5-3-6-15-18(14)30-10-8-23-15)12-16(13)24-19(27)17-7-4-9-26(17)21(29)22-2/h3,5-6,13,16-17,23H,4,7-12H2,1-2H3,(H,22,29)(H,24,27)/t13-,16+,17+/m0/s1. The number of urea groups is 1. The lowest BCUT2D eigenvalue weighted by Crippen LogP contribution is -2.52. The van der Waals surface area contributed by atoms with Gasteiger partial charge in [-0.1, -0.05) is 13.0 Å². The fourth-order valence-electron chi connectivity index (χ4n) is 4.53. The molecule has 0 aliphatic carbocycles. The number of ether oxygens (including phenoxy) is 1. The zero-order valence-electron chi connectivity index (χ0n) is 17.4. The number of nitrogens with one attached hydrogen (secondary N) is 3. The molecule has 4 rings (SSSR count). The number of nitrogens with zero attached hydrogens (tertiary/aromatic N) is 2. The fourth-order valence-corrected chi connectivity index (χ4v) is 4.53. The second-order valence-corrected chi connectivity index (χ2v) is 8.17. The van der Waals surface area contributed by atoms with Gasteiger partial charge in [0.25, 0.3) is 5.91 Å². The number of carbonyl (C=O) groups is 3. The molecule has 3 heterocycles. The Kier molecular flexibility index (Phi) is 5.69. The van der Waals surface area contributed by atoms with Crippen molar-refractivity contribution < 1.29 is 19.1 Å². The molecule has 1 aromatic rings. The lowest BCUT2D eigenvalue weighted by Gasteiger charge is -2.26. The monoisotopic (exact) mass is 415 g/mol. The van der Waals surface area contributed by atoms with E-state index in [0.29, 0.717) is 50.5 Å². The normalized spacial score (nSPS) is 25.2. The number of likely N-dealkylation sites (tertiary alicyclic amines) is 2. The average molecular weight is 415 g/mol. The second-order valence-electron chi connectivity index (χ2n) is 8.17. The molecule has 9 nitrogen and oxygen atoms in total. The number of rotatable bonds is 3. The van der Waals surface area contributed by atoms with E-state index in [2.05, 4.69) is 16.0 Å². The Balaban J connectivity index is 1.42. The van der Waals surface area contributed by atoms with Crippen LogP contribution >= 0.6 is 0 Å². The molecule has 0 unspecified atom stereocenters. The zero-order valence-corrected chi connectivity index (χ0v) is 17.4. The molecule has 162 valence electrons. The molecule has 0 spiro atoms. The van der Waals surface area contributed by atoms with Gasteiger partial charge in [-0.15, -0.1) is 0 Å². The molecule has 0 saturated carbocycles. The zero-order chi connectivity index (χ0) is 21.3. The lowest BCUT2D eigenvalue weighted by atomic mass is 10.1. The third-order valence-electron chi connectivity index (χ3n) is 6.17. The fraction of sp³-hybridized carbons (Fsp3) is 0.571. The Hall–Kier alpha value is -2.97.